The van der Waals surface area contributed by atoms with Crippen LogP contribution in [0, 0.1) is 6.92 Å². The number of rotatable bonds is 3. The lowest BCUT2D eigenvalue weighted by Gasteiger charge is -2.23. The molecule has 5 heteroatoms. The number of halogens is 1. The molecule has 0 aliphatic carbocycles. The highest BCUT2D eigenvalue weighted by atomic mass is 79.9. The molecule has 0 bridgehead atoms. The van der Waals surface area contributed by atoms with Gasteiger partial charge in [-0.15, -0.1) is 0 Å². The van der Waals surface area contributed by atoms with Crippen molar-refractivity contribution < 1.29 is 8.42 Å². The van der Waals surface area contributed by atoms with Crippen molar-refractivity contribution in [2.24, 2.45) is 5.14 Å². The molecule has 1 aromatic carbocycles. The summed E-state index contributed by atoms with van der Waals surface area (Å²) in [5.74, 6) is 0. The lowest BCUT2D eigenvalue weighted by molar-refractivity contribution is 0.597. The topological polar surface area (TPSA) is 60.2 Å². The van der Waals surface area contributed by atoms with Gasteiger partial charge in [0.1, 0.15) is 0 Å². The summed E-state index contributed by atoms with van der Waals surface area (Å²) in [6.07, 6.45) is 0.863. The van der Waals surface area contributed by atoms with E-state index in [0.29, 0.717) is 0 Å². The number of benzene rings is 1. The highest BCUT2D eigenvalue weighted by Gasteiger charge is 2.24. The summed E-state index contributed by atoms with van der Waals surface area (Å²) < 4.78 is 22.3. The average molecular weight is 306 g/mol. The molecule has 0 amide bonds. The van der Waals surface area contributed by atoms with Gasteiger partial charge < -0.3 is 0 Å². The molecule has 1 rings (SSSR count). The Hall–Kier alpha value is -0.390. The van der Waals surface area contributed by atoms with Gasteiger partial charge in [-0.1, -0.05) is 28.9 Å². The number of nitrogens with two attached hydrogens (primary N) is 1. The zero-order valence-electron chi connectivity index (χ0n) is 9.62. The van der Waals surface area contributed by atoms with Gasteiger partial charge in [-0.05, 0) is 43.5 Å². The molecule has 0 saturated heterocycles. The number of hydrogen-bond acceptors (Lipinski definition) is 2. The van der Waals surface area contributed by atoms with Crippen LogP contribution in [0.2, 0.25) is 0 Å². The number of sulfonamides is 1. The monoisotopic (exact) mass is 305 g/mol. The predicted octanol–water partition coefficient (Wildman–Crippen LogP) is 2.66. The van der Waals surface area contributed by atoms with Crippen LogP contribution in [0.15, 0.2) is 23.1 Å². The van der Waals surface area contributed by atoms with Crippen molar-refractivity contribution in [3.05, 3.63) is 29.3 Å². The third-order valence-electron chi connectivity index (χ3n) is 2.76. The second-order valence-corrected chi connectivity index (χ2v) is 7.38. The maximum atomic E-state index is 11.3. The Balaban J connectivity index is 3.42. The Morgan fingerprint density at radius 3 is 2.44 bits per heavy atom. The second-order valence-electron chi connectivity index (χ2n) is 4.07. The quantitative estimate of drug-likeness (QED) is 0.873. The minimum Gasteiger partial charge on any atom is -0.225 e. The summed E-state index contributed by atoms with van der Waals surface area (Å²) in [7, 11) is -3.63. The SMILES string of the molecule is CCC(C)(Br)c1cc(S(N)(=O)=O)ccc1C. The molecule has 0 radical (unpaired) electrons. The molecule has 0 saturated carbocycles. The first-order valence-corrected chi connectivity index (χ1v) is 7.35. The van der Waals surface area contributed by atoms with Crippen LogP contribution in [0.4, 0.5) is 0 Å². The molecule has 3 nitrogen and oxygen atoms in total. The number of hydrogen-bond donors (Lipinski definition) is 1. The lowest BCUT2D eigenvalue weighted by atomic mass is 9.94. The van der Waals surface area contributed by atoms with Crippen LogP contribution in [0.1, 0.15) is 31.4 Å². The Morgan fingerprint density at radius 1 is 1.44 bits per heavy atom. The van der Waals surface area contributed by atoms with Crippen molar-refractivity contribution in [3.63, 3.8) is 0 Å². The van der Waals surface area contributed by atoms with Gasteiger partial charge >= 0.3 is 0 Å². The van der Waals surface area contributed by atoms with Crippen LogP contribution in [-0.2, 0) is 14.3 Å². The van der Waals surface area contributed by atoms with E-state index in [1.165, 1.54) is 6.07 Å². The molecule has 0 fully saturated rings. The molecular formula is C11H16BrNO2S. The van der Waals surface area contributed by atoms with Crippen molar-refractivity contribution in [1.82, 2.24) is 0 Å². The fourth-order valence-corrected chi connectivity index (χ4v) is 2.50. The first-order chi connectivity index (χ1) is 7.18. The van der Waals surface area contributed by atoms with E-state index in [1.54, 1.807) is 12.1 Å². The van der Waals surface area contributed by atoms with Crippen LogP contribution in [0.3, 0.4) is 0 Å². The minimum atomic E-state index is -3.63. The van der Waals surface area contributed by atoms with Gasteiger partial charge in [0, 0.05) is 4.32 Å². The maximum absolute atomic E-state index is 11.3. The van der Waals surface area contributed by atoms with Gasteiger partial charge in [0.05, 0.1) is 4.90 Å². The van der Waals surface area contributed by atoms with Crippen LogP contribution < -0.4 is 5.14 Å². The van der Waals surface area contributed by atoms with Gasteiger partial charge in [0.25, 0.3) is 0 Å². The summed E-state index contributed by atoms with van der Waals surface area (Å²) in [6, 6.07) is 4.96. The van der Waals surface area contributed by atoms with Crippen molar-refractivity contribution in [1.29, 1.82) is 0 Å². The van der Waals surface area contributed by atoms with Crippen LogP contribution in [0.5, 0.6) is 0 Å². The second kappa shape index (κ2) is 4.47. The van der Waals surface area contributed by atoms with Crippen molar-refractivity contribution in [2.45, 2.75) is 36.4 Å². The predicted molar refractivity (Wildman–Crippen MR) is 69.1 cm³/mol. The van der Waals surface area contributed by atoms with E-state index in [4.69, 9.17) is 5.14 Å². The molecule has 0 aromatic heterocycles. The number of aryl methyl sites for hydroxylation is 1. The smallest absolute Gasteiger partial charge is 0.225 e. The van der Waals surface area contributed by atoms with E-state index in [2.05, 4.69) is 15.9 Å². The Labute approximate surface area is 105 Å². The third kappa shape index (κ3) is 2.84. The Kier molecular flexibility index (Phi) is 3.82. The fraction of sp³-hybridized carbons (Fsp3) is 0.455. The number of primary sulfonamides is 1. The van der Waals surface area contributed by atoms with Crippen molar-refractivity contribution in [3.8, 4) is 0 Å². The molecule has 1 atom stereocenters. The van der Waals surface area contributed by atoms with E-state index in [0.717, 1.165) is 17.5 Å². The number of alkyl halides is 1. The fourth-order valence-electron chi connectivity index (χ4n) is 1.53. The highest BCUT2D eigenvalue weighted by Crippen LogP contribution is 2.36. The van der Waals surface area contributed by atoms with Crippen LogP contribution >= 0.6 is 15.9 Å². The largest absolute Gasteiger partial charge is 0.238 e. The van der Waals surface area contributed by atoms with Crippen LogP contribution in [-0.4, -0.2) is 8.42 Å². The van der Waals surface area contributed by atoms with E-state index >= 15 is 0 Å². The molecular weight excluding hydrogens is 290 g/mol. The summed E-state index contributed by atoms with van der Waals surface area (Å²) in [6.45, 7) is 6.01. The highest BCUT2D eigenvalue weighted by molar-refractivity contribution is 9.09. The standard InChI is InChI=1S/C11H16BrNO2S/c1-4-11(3,12)10-7-9(16(13,14)15)6-5-8(10)2/h5-7H,4H2,1-3H3,(H2,13,14,15). The normalized spacial score (nSPS) is 15.8. The van der Waals surface area contributed by atoms with Gasteiger partial charge in [-0.25, -0.2) is 13.6 Å². The van der Waals surface area contributed by atoms with Gasteiger partial charge in [0.2, 0.25) is 10.0 Å². The zero-order valence-corrected chi connectivity index (χ0v) is 12.0. The van der Waals surface area contributed by atoms with Gasteiger partial charge in [0.15, 0.2) is 0 Å². The molecule has 90 valence electrons. The molecule has 0 heterocycles. The first kappa shape index (κ1) is 13.7. The molecule has 1 unspecified atom stereocenters. The molecule has 16 heavy (non-hydrogen) atoms. The summed E-state index contributed by atoms with van der Waals surface area (Å²) in [5, 5.41) is 5.12. The van der Waals surface area contributed by atoms with Crippen LogP contribution in [0.25, 0.3) is 0 Å². The summed E-state index contributed by atoms with van der Waals surface area (Å²) in [4.78, 5) is 0.159. The van der Waals surface area contributed by atoms with Crippen molar-refractivity contribution >= 4 is 26.0 Å². The summed E-state index contributed by atoms with van der Waals surface area (Å²) in [5.41, 5.74) is 2.01. The van der Waals surface area contributed by atoms with E-state index in [1.807, 2.05) is 20.8 Å². The Bertz CT molecular complexity index is 495. The van der Waals surface area contributed by atoms with E-state index in [-0.39, 0.29) is 9.22 Å². The summed E-state index contributed by atoms with van der Waals surface area (Å²) >= 11 is 3.61. The lowest BCUT2D eigenvalue weighted by Crippen LogP contribution is -2.17. The molecule has 0 aliphatic heterocycles. The molecule has 2 N–H and O–H groups in total. The third-order valence-corrected chi connectivity index (χ3v) is 4.66. The minimum absolute atomic E-state index is 0.159. The van der Waals surface area contributed by atoms with E-state index in [9.17, 15) is 8.42 Å². The Morgan fingerprint density at radius 2 is 2.00 bits per heavy atom. The van der Waals surface area contributed by atoms with Gasteiger partial charge in [-0.3, -0.25) is 0 Å². The first-order valence-electron chi connectivity index (χ1n) is 5.01. The zero-order chi connectivity index (χ0) is 12.6. The van der Waals surface area contributed by atoms with Gasteiger partial charge in [-0.2, -0.15) is 0 Å². The molecule has 1 aromatic rings. The van der Waals surface area contributed by atoms with E-state index < -0.39 is 10.0 Å². The van der Waals surface area contributed by atoms with Crippen molar-refractivity contribution in [2.75, 3.05) is 0 Å². The average Bonchev–Trinajstić information content (AvgIpc) is 2.16. The molecule has 0 spiro atoms. The maximum Gasteiger partial charge on any atom is 0.238 e. The molecule has 0 aliphatic rings.